The van der Waals surface area contributed by atoms with Gasteiger partial charge in [0.1, 0.15) is 0 Å². The summed E-state index contributed by atoms with van der Waals surface area (Å²) in [6.07, 6.45) is 3.67. The highest BCUT2D eigenvalue weighted by atomic mass is 16.7. The molecule has 1 saturated heterocycles. The predicted molar refractivity (Wildman–Crippen MR) is 85.1 cm³/mol. The summed E-state index contributed by atoms with van der Waals surface area (Å²) in [5.74, 6) is -0.476. The lowest BCUT2D eigenvalue weighted by atomic mass is 9.89. The van der Waals surface area contributed by atoms with Gasteiger partial charge in [-0.15, -0.1) is 0 Å². The third-order valence-electron chi connectivity index (χ3n) is 4.46. The lowest BCUT2D eigenvalue weighted by Gasteiger charge is -2.36. The van der Waals surface area contributed by atoms with E-state index in [1.54, 1.807) is 0 Å². The van der Waals surface area contributed by atoms with Crippen LogP contribution < -0.4 is 10.2 Å². The molecule has 5 heteroatoms. The minimum atomic E-state index is -0.453. The molecule has 1 aromatic rings. The molecular formula is C17H24N2O3. The van der Waals surface area contributed by atoms with Crippen LogP contribution in [0.3, 0.4) is 0 Å². The second-order valence-electron chi connectivity index (χ2n) is 6.32. The predicted octanol–water partition coefficient (Wildman–Crippen LogP) is 2.17. The molecule has 1 saturated carbocycles. The Labute approximate surface area is 131 Å². The molecule has 2 aliphatic rings. The van der Waals surface area contributed by atoms with Gasteiger partial charge < -0.3 is 19.7 Å². The highest BCUT2D eigenvalue weighted by Crippen LogP contribution is 2.35. The second-order valence-corrected chi connectivity index (χ2v) is 6.32. The molecule has 22 heavy (non-hydrogen) atoms. The summed E-state index contributed by atoms with van der Waals surface area (Å²) in [5, 5.41) is 3.12. The SMILES string of the molecule is CN(C)c1ccc(C(=O)NC2CCCC3(C2)OCCO3)cc1. The zero-order valence-corrected chi connectivity index (χ0v) is 13.3. The van der Waals surface area contributed by atoms with Crippen LogP contribution in [-0.2, 0) is 9.47 Å². The highest BCUT2D eigenvalue weighted by molar-refractivity contribution is 5.94. The zero-order chi connectivity index (χ0) is 15.6. The molecule has 5 nitrogen and oxygen atoms in total. The number of amides is 1. The molecule has 0 radical (unpaired) electrons. The van der Waals surface area contributed by atoms with E-state index in [2.05, 4.69) is 5.32 Å². The fourth-order valence-corrected chi connectivity index (χ4v) is 3.26. The first-order chi connectivity index (χ1) is 10.6. The van der Waals surface area contributed by atoms with Gasteiger partial charge >= 0.3 is 0 Å². The molecule has 1 N–H and O–H groups in total. The number of hydrogen-bond acceptors (Lipinski definition) is 4. The molecule has 1 atom stereocenters. The van der Waals surface area contributed by atoms with Crippen molar-refractivity contribution in [1.82, 2.24) is 5.32 Å². The zero-order valence-electron chi connectivity index (χ0n) is 13.3. The first-order valence-electron chi connectivity index (χ1n) is 7.94. The largest absolute Gasteiger partial charge is 0.378 e. The third kappa shape index (κ3) is 3.25. The standard InChI is InChI=1S/C17H24N2O3/c1-19(2)15-7-5-13(6-8-15)16(20)18-14-4-3-9-17(12-14)21-10-11-22-17/h5-8,14H,3-4,9-12H2,1-2H3,(H,18,20). The van der Waals surface area contributed by atoms with Gasteiger partial charge in [-0.1, -0.05) is 0 Å². The fraction of sp³-hybridized carbons (Fsp3) is 0.588. The molecule has 1 aromatic carbocycles. The summed E-state index contributed by atoms with van der Waals surface area (Å²) in [6.45, 7) is 1.32. The summed E-state index contributed by atoms with van der Waals surface area (Å²) < 4.78 is 11.5. The Morgan fingerprint density at radius 3 is 2.55 bits per heavy atom. The number of hydrogen-bond donors (Lipinski definition) is 1. The maximum Gasteiger partial charge on any atom is 0.251 e. The molecule has 1 aliphatic carbocycles. The van der Waals surface area contributed by atoms with Crippen LogP contribution in [0.2, 0.25) is 0 Å². The molecule has 1 spiro atoms. The normalized spacial score (nSPS) is 23.5. The fourth-order valence-electron chi connectivity index (χ4n) is 3.26. The monoisotopic (exact) mass is 304 g/mol. The lowest BCUT2D eigenvalue weighted by Crippen LogP contribution is -2.46. The lowest BCUT2D eigenvalue weighted by molar-refractivity contribution is -0.181. The Bertz CT molecular complexity index is 521. The molecule has 0 bridgehead atoms. The number of anilines is 1. The first kappa shape index (κ1) is 15.3. The number of rotatable bonds is 3. The van der Waals surface area contributed by atoms with Crippen molar-refractivity contribution in [2.75, 3.05) is 32.2 Å². The van der Waals surface area contributed by atoms with Crippen LogP contribution in [0.1, 0.15) is 36.0 Å². The van der Waals surface area contributed by atoms with Crippen molar-refractivity contribution >= 4 is 11.6 Å². The van der Waals surface area contributed by atoms with Gasteiger partial charge in [0.2, 0.25) is 0 Å². The topological polar surface area (TPSA) is 50.8 Å². The second kappa shape index (κ2) is 6.26. The summed E-state index contributed by atoms with van der Waals surface area (Å²) in [7, 11) is 3.97. The highest BCUT2D eigenvalue weighted by Gasteiger charge is 2.41. The van der Waals surface area contributed by atoms with Gasteiger partial charge in [0.25, 0.3) is 5.91 Å². The summed E-state index contributed by atoms with van der Waals surface area (Å²) in [4.78, 5) is 14.4. The molecule has 3 rings (SSSR count). The molecule has 120 valence electrons. The Morgan fingerprint density at radius 1 is 1.23 bits per heavy atom. The molecule has 1 unspecified atom stereocenters. The molecular weight excluding hydrogens is 280 g/mol. The van der Waals surface area contributed by atoms with Crippen molar-refractivity contribution in [2.45, 2.75) is 37.5 Å². The number of carbonyl (C=O) groups is 1. The molecule has 0 aromatic heterocycles. The van der Waals surface area contributed by atoms with Gasteiger partial charge in [-0.05, 0) is 37.1 Å². The van der Waals surface area contributed by atoms with Crippen molar-refractivity contribution < 1.29 is 14.3 Å². The van der Waals surface area contributed by atoms with Crippen molar-refractivity contribution in [1.29, 1.82) is 0 Å². The van der Waals surface area contributed by atoms with Crippen LogP contribution in [-0.4, -0.2) is 45.0 Å². The van der Waals surface area contributed by atoms with Crippen LogP contribution in [0.4, 0.5) is 5.69 Å². The minimum Gasteiger partial charge on any atom is -0.378 e. The van der Waals surface area contributed by atoms with Crippen molar-refractivity contribution in [2.24, 2.45) is 0 Å². The Balaban J connectivity index is 1.61. The van der Waals surface area contributed by atoms with E-state index in [-0.39, 0.29) is 11.9 Å². The van der Waals surface area contributed by atoms with Crippen molar-refractivity contribution in [3.63, 3.8) is 0 Å². The maximum atomic E-state index is 12.4. The smallest absolute Gasteiger partial charge is 0.251 e. The van der Waals surface area contributed by atoms with Gasteiger partial charge in [-0.25, -0.2) is 0 Å². The number of ether oxygens (including phenoxy) is 2. The Hall–Kier alpha value is -1.59. The van der Waals surface area contributed by atoms with Crippen molar-refractivity contribution in [3.8, 4) is 0 Å². The van der Waals surface area contributed by atoms with E-state index in [1.807, 2.05) is 43.3 Å². The van der Waals surface area contributed by atoms with Crippen LogP contribution in [0, 0.1) is 0 Å². The quantitative estimate of drug-likeness (QED) is 0.930. The first-order valence-corrected chi connectivity index (χ1v) is 7.94. The van der Waals surface area contributed by atoms with Gasteiger partial charge in [0, 0.05) is 44.2 Å². The van der Waals surface area contributed by atoms with Gasteiger partial charge in [0.15, 0.2) is 5.79 Å². The average molecular weight is 304 g/mol. The molecule has 1 aliphatic heterocycles. The van der Waals surface area contributed by atoms with E-state index in [0.717, 1.165) is 31.4 Å². The van der Waals surface area contributed by atoms with Gasteiger partial charge in [-0.2, -0.15) is 0 Å². The number of carbonyl (C=O) groups excluding carboxylic acids is 1. The van der Waals surface area contributed by atoms with Crippen LogP contribution in [0.25, 0.3) is 0 Å². The van der Waals surface area contributed by atoms with E-state index >= 15 is 0 Å². The maximum absolute atomic E-state index is 12.4. The van der Waals surface area contributed by atoms with Crippen LogP contribution >= 0.6 is 0 Å². The third-order valence-corrected chi connectivity index (χ3v) is 4.46. The summed E-state index contributed by atoms with van der Waals surface area (Å²) in [6, 6.07) is 7.77. The van der Waals surface area contributed by atoms with Crippen molar-refractivity contribution in [3.05, 3.63) is 29.8 Å². The molecule has 2 fully saturated rings. The summed E-state index contributed by atoms with van der Waals surface area (Å²) >= 11 is 0. The minimum absolute atomic E-state index is 0.0228. The van der Waals surface area contributed by atoms with E-state index < -0.39 is 5.79 Å². The van der Waals surface area contributed by atoms with E-state index in [9.17, 15) is 4.79 Å². The molecule has 1 heterocycles. The number of nitrogens with zero attached hydrogens (tertiary/aromatic N) is 1. The van der Waals surface area contributed by atoms with E-state index in [0.29, 0.717) is 18.8 Å². The number of benzene rings is 1. The van der Waals surface area contributed by atoms with E-state index in [4.69, 9.17) is 9.47 Å². The van der Waals surface area contributed by atoms with Gasteiger partial charge in [0.05, 0.1) is 13.2 Å². The van der Waals surface area contributed by atoms with E-state index in [1.165, 1.54) is 0 Å². The Kier molecular flexibility index (Phi) is 4.36. The molecule has 1 amide bonds. The van der Waals surface area contributed by atoms with Crippen LogP contribution in [0.5, 0.6) is 0 Å². The van der Waals surface area contributed by atoms with Crippen LogP contribution in [0.15, 0.2) is 24.3 Å². The number of nitrogens with one attached hydrogen (secondary N) is 1. The average Bonchev–Trinajstić information content (AvgIpc) is 2.95. The van der Waals surface area contributed by atoms with Gasteiger partial charge in [-0.3, -0.25) is 4.79 Å². The Morgan fingerprint density at radius 2 is 1.91 bits per heavy atom. The summed E-state index contributed by atoms with van der Waals surface area (Å²) in [5.41, 5.74) is 1.78.